The van der Waals surface area contributed by atoms with Gasteiger partial charge in [0.15, 0.2) is 0 Å². The number of nitrogens with two attached hydrogens (primary N) is 1. The number of rotatable bonds is 2. The zero-order valence-corrected chi connectivity index (χ0v) is 8.41. The van der Waals surface area contributed by atoms with Crippen molar-refractivity contribution in [3.63, 3.8) is 0 Å². The summed E-state index contributed by atoms with van der Waals surface area (Å²) >= 11 is 0. The van der Waals surface area contributed by atoms with Crippen molar-refractivity contribution in [3.8, 4) is 5.75 Å². The topological polar surface area (TPSA) is 46.2 Å². The van der Waals surface area contributed by atoms with E-state index in [9.17, 15) is 5.11 Å². The first kappa shape index (κ1) is 10.1. The van der Waals surface area contributed by atoms with Crippen molar-refractivity contribution in [2.75, 3.05) is 0 Å². The Morgan fingerprint density at radius 3 is 2.46 bits per heavy atom. The van der Waals surface area contributed by atoms with Crippen LogP contribution in [0.2, 0.25) is 0 Å². The first-order valence-corrected chi connectivity index (χ1v) is 4.49. The number of phenols is 1. The van der Waals surface area contributed by atoms with E-state index in [2.05, 4.69) is 6.92 Å². The molecule has 2 nitrogen and oxygen atoms in total. The fourth-order valence-electron chi connectivity index (χ4n) is 1.22. The van der Waals surface area contributed by atoms with Crippen LogP contribution in [0.25, 0.3) is 0 Å². The van der Waals surface area contributed by atoms with Gasteiger partial charge in [0.1, 0.15) is 5.75 Å². The minimum absolute atomic E-state index is 0.236. The van der Waals surface area contributed by atoms with E-state index >= 15 is 0 Å². The third-order valence-corrected chi connectivity index (χ3v) is 2.49. The van der Waals surface area contributed by atoms with Gasteiger partial charge in [-0.3, -0.25) is 0 Å². The SMILES string of the molecule is CC(c1cccc(O)c1)C(C)(C)N. The average molecular weight is 179 g/mol. The Hall–Kier alpha value is -1.02. The molecule has 2 heteroatoms. The third kappa shape index (κ3) is 2.46. The quantitative estimate of drug-likeness (QED) is 0.731. The van der Waals surface area contributed by atoms with Gasteiger partial charge in [0, 0.05) is 5.54 Å². The van der Waals surface area contributed by atoms with Gasteiger partial charge in [-0.25, -0.2) is 0 Å². The standard InChI is InChI=1S/C11H17NO/c1-8(11(2,3)12)9-5-4-6-10(13)7-9/h4-8,13H,12H2,1-3H3. The molecule has 0 amide bonds. The smallest absolute Gasteiger partial charge is 0.115 e. The molecule has 0 aliphatic carbocycles. The summed E-state index contributed by atoms with van der Waals surface area (Å²) in [4.78, 5) is 0. The van der Waals surface area contributed by atoms with Crippen molar-refractivity contribution in [1.29, 1.82) is 0 Å². The normalized spacial score (nSPS) is 14.2. The molecule has 0 aliphatic rings. The zero-order chi connectivity index (χ0) is 10.1. The third-order valence-electron chi connectivity index (χ3n) is 2.49. The van der Waals surface area contributed by atoms with Gasteiger partial charge in [-0.2, -0.15) is 0 Å². The first-order chi connectivity index (χ1) is 5.91. The molecular weight excluding hydrogens is 162 g/mol. The second kappa shape index (κ2) is 3.38. The van der Waals surface area contributed by atoms with Crippen LogP contribution >= 0.6 is 0 Å². The number of hydrogen-bond donors (Lipinski definition) is 2. The van der Waals surface area contributed by atoms with E-state index in [1.165, 1.54) is 0 Å². The van der Waals surface area contributed by atoms with Gasteiger partial charge < -0.3 is 10.8 Å². The van der Waals surface area contributed by atoms with Crippen molar-refractivity contribution in [2.24, 2.45) is 5.73 Å². The summed E-state index contributed by atoms with van der Waals surface area (Å²) < 4.78 is 0. The predicted octanol–water partition coefficient (Wildman–Crippen LogP) is 2.23. The van der Waals surface area contributed by atoms with Crippen LogP contribution in [0.1, 0.15) is 32.3 Å². The Labute approximate surface area is 79.4 Å². The van der Waals surface area contributed by atoms with Gasteiger partial charge in [0.2, 0.25) is 0 Å². The van der Waals surface area contributed by atoms with Crippen molar-refractivity contribution < 1.29 is 5.11 Å². The molecule has 72 valence electrons. The molecule has 13 heavy (non-hydrogen) atoms. The van der Waals surface area contributed by atoms with Crippen LogP contribution in [-0.2, 0) is 0 Å². The lowest BCUT2D eigenvalue weighted by Gasteiger charge is -2.27. The highest BCUT2D eigenvalue weighted by Gasteiger charge is 2.21. The van der Waals surface area contributed by atoms with Gasteiger partial charge >= 0.3 is 0 Å². The van der Waals surface area contributed by atoms with E-state index in [4.69, 9.17) is 5.73 Å². The average Bonchev–Trinajstić information content (AvgIpc) is 2.01. The van der Waals surface area contributed by atoms with Crippen LogP contribution in [0.5, 0.6) is 5.75 Å². The largest absolute Gasteiger partial charge is 0.508 e. The second-order valence-corrected chi connectivity index (χ2v) is 4.14. The highest BCUT2D eigenvalue weighted by Crippen LogP contribution is 2.27. The second-order valence-electron chi connectivity index (χ2n) is 4.14. The molecule has 0 radical (unpaired) electrons. The van der Waals surface area contributed by atoms with E-state index in [1.54, 1.807) is 12.1 Å². The summed E-state index contributed by atoms with van der Waals surface area (Å²) in [6.45, 7) is 6.04. The van der Waals surface area contributed by atoms with Crippen molar-refractivity contribution in [1.82, 2.24) is 0 Å². The Morgan fingerprint density at radius 1 is 1.38 bits per heavy atom. The van der Waals surface area contributed by atoms with Crippen LogP contribution in [0.4, 0.5) is 0 Å². The molecule has 1 atom stereocenters. The first-order valence-electron chi connectivity index (χ1n) is 4.49. The van der Waals surface area contributed by atoms with E-state index in [0.717, 1.165) is 5.56 Å². The van der Waals surface area contributed by atoms with Crippen LogP contribution in [0, 0.1) is 0 Å². The maximum Gasteiger partial charge on any atom is 0.115 e. The van der Waals surface area contributed by atoms with E-state index in [0.29, 0.717) is 5.75 Å². The summed E-state index contributed by atoms with van der Waals surface area (Å²) in [6, 6.07) is 7.25. The summed E-state index contributed by atoms with van der Waals surface area (Å²) in [5.41, 5.74) is 6.80. The molecule has 0 saturated carbocycles. The molecule has 0 aromatic heterocycles. The molecule has 1 aromatic rings. The van der Waals surface area contributed by atoms with Gasteiger partial charge in [0.05, 0.1) is 0 Å². The van der Waals surface area contributed by atoms with Crippen LogP contribution in [0.3, 0.4) is 0 Å². The lowest BCUT2D eigenvalue weighted by Crippen LogP contribution is -2.37. The van der Waals surface area contributed by atoms with Gasteiger partial charge in [-0.05, 0) is 37.5 Å². The van der Waals surface area contributed by atoms with E-state index in [1.807, 2.05) is 26.0 Å². The minimum Gasteiger partial charge on any atom is -0.508 e. The number of phenolic OH excluding ortho intramolecular Hbond substituents is 1. The minimum atomic E-state index is -0.256. The molecule has 0 aliphatic heterocycles. The summed E-state index contributed by atoms with van der Waals surface area (Å²) in [6.07, 6.45) is 0. The highest BCUT2D eigenvalue weighted by molar-refractivity contribution is 5.30. The lowest BCUT2D eigenvalue weighted by atomic mass is 9.84. The monoisotopic (exact) mass is 179 g/mol. The van der Waals surface area contributed by atoms with Crippen LogP contribution in [0.15, 0.2) is 24.3 Å². The van der Waals surface area contributed by atoms with Crippen molar-refractivity contribution >= 4 is 0 Å². The maximum atomic E-state index is 9.29. The molecule has 0 heterocycles. The van der Waals surface area contributed by atoms with Gasteiger partial charge in [-0.15, -0.1) is 0 Å². The molecule has 0 fully saturated rings. The van der Waals surface area contributed by atoms with Crippen molar-refractivity contribution in [2.45, 2.75) is 32.2 Å². The molecule has 1 unspecified atom stereocenters. The lowest BCUT2D eigenvalue weighted by molar-refractivity contribution is 0.431. The highest BCUT2D eigenvalue weighted by atomic mass is 16.3. The Bertz CT molecular complexity index is 288. The maximum absolute atomic E-state index is 9.29. The molecule has 3 N–H and O–H groups in total. The summed E-state index contributed by atoms with van der Waals surface area (Å²) in [7, 11) is 0. The van der Waals surface area contributed by atoms with Crippen LogP contribution in [-0.4, -0.2) is 10.6 Å². The Morgan fingerprint density at radius 2 is 2.00 bits per heavy atom. The van der Waals surface area contributed by atoms with E-state index < -0.39 is 0 Å². The molecule has 0 spiro atoms. The Kier molecular flexibility index (Phi) is 2.62. The van der Waals surface area contributed by atoms with Gasteiger partial charge in [-0.1, -0.05) is 19.1 Å². The number of aromatic hydroxyl groups is 1. The van der Waals surface area contributed by atoms with Crippen LogP contribution < -0.4 is 5.73 Å². The fraction of sp³-hybridized carbons (Fsp3) is 0.455. The number of benzene rings is 1. The molecular formula is C11H17NO. The zero-order valence-electron chi connectivity index (χ0n) is 8.41. The Balaban J connectivity index is 2.96. The molecule has 0 bridgehead atoms. The summed E-state index contributed by atoms with van der Waals surface area (Å²) in [5, 5.41) is 9.29. The predicted molar refractivity (Wildman–Crippen MR) is 54.8 cm³/mol. The van der Waals surface area contributed by atoms with Crippen molar-refractivity contribution in [3.05, 3.63) is 29.8 Å². The summed E-state index contributed by atoms with van der Waals surface area (Å²) in [5.74, 6) is 0.535. The molecule has 1 aromatic carbocycles. The van der Waals surface area contributed by atoms with E-state index in [-0.39, 0.29) is 11.5 Å². The molecule has 0 saturated heterocycles. The molecule has 1 rings (SSSR count). The van der Waals surface area contributed by atoms with Gasteiger partial charge in [0.25, 0.3) is 0 Å². The fourth-order valence-corrected chi connectivity index (χ4v) is 1.22. The number of hydrogen-bond acceptors (Lipinski definition) is 2.